The first-order valence-corrected chi connectivity index (χ1v) is 7.86. The van der Waals surface area contributed by atoms with Crippen molar-refractivity contribution in [2.45, 2.75) is 0 Å². The molecule has 8 nitrogen and oxygen atoms in total. The lowest BCUT2D eigenvalue weighted by molar-refractivity contribution is -0.117. The zero-order valence-corrected chi connectivity index (χ0v) is 15.1. The second-order valence-electron chi connectivity index (χ2n) is 5.28. The van der Waals surface area contributed by atoms with Crippen LogP contribution in [0.4, 0.5) is 0 Å². The van der Waals surface area contributed by atoms with E-state index in [-0.39, 0.29) is 5.75 Å². The number of phenolic OH excluding ortho intramolecular Hbond substituents is 1. The number of carbonyl (C=O) groups is 2. The van der Waals surface area contributed by atoms with Gasteiger partial charge < -0.3 is 19.3 Å². The normalized spacial score (nSPS) is 10.3. The van der Waals surface area contributed by atoms with Gasteiger partial charge in [-0.2, -0.15) is 0 Å². The van der Waals surface area contributed by atoms with Gasteiger partial charge in [0.25, 0.3) is 11.8 Å². The SMILES string of the molecule is COc1cc(/C=C/C(=O)NNC(=O)c2ccc(O)cc2)cc(OC)c1OC. The molecule has 0 aliphatic heterocycles. The van der Waals surface area contributed by atoms with E-state index in [0.29, 0.717) is 28.4 Å². The minimum absolute atomic E-state index is 0.0452. The minimum atomic E-state index is -0.532. The van der Waals surface area contributed by atoms with E-state index in [1.54, 1.807) is 12.1 Å². The Balaban J connectivity index is 2.01. The Morgan fingerprint density at radius 3 is 2.04 bits per heavy atom. The highest BCUT2D eigenvalue weighted by Gasteiger charge is 2.12. The van der Waals surface area contributed by atoms with Crippen LogP contribution >= 0.6 is 0 Å². The molecule has 0 spiro atoms. The molecule has 0 bridgehead atoms. The van der Waals surface area contributed by atoms with Crippen LogP contribution in [0.3, 0.4) is 0 Å². The standard InChI is InChI=1S/C19H20N2O6/c1-25-15-10-12(11-16(26-2)18(15)27-3)4-9-17(23)20-21-19(24)13-5-7-14(22)8-6-13/h4-11,22H,1-3H3,(H,20,23)(H,21,24)/b9-4+. The van der Waals surface area contributed by atoms with Gasteiger partial charge in [-0.05, 0) is 48.0 Å². The molecular formula is C19H20N2O6. The molecule has 0 heterocycles. The fourth-order valence-corrected chi connectivity index (χ4v) is 2.21. The van der Waals surface area contributed by atoms with Gasteiger partial charge in [0.1, 0.15) is 5.75 Å². The topological polar surface area (TPSA) is 106 Å². The monoisotopic (exact) mass is 372 g/mol. The largest absolute Gasteiger partial charge is 0.508 e. The van der Waals surface area contributed by atoms with Gasteiger partial charge in [-0.3, -0.25) is 20.4 Å². The Labute approximate surface area is 156 Å². The number of hydrogen-bond donors (Lipinski definition) is 3. The number of hydrogen-bond acceptors (Lipinski definition) is 6. The van der Waals surface area contributed by atoms with Crippen LogP contribution in [0.2, 0.25) is 0 Å². The van der Waals surface area contributed by atoms with Gasteiger partial charge in [-0.25, -0.2) is 0 Å². The number of phenols is 1. The molecule has 0 aromatic heterocycles. The summed E-state index contributed by atoms with van der Waals surface area (Å²) < 4.78 is 15.7. The number of aromatic hydroxyl groups is 1. The summed E-state index contributed by atoms with van der Waals surface area (Å²) in [7, 11) is 4.49. The molecule has 27 heavy (non-hydrogen) atoms. The Morgan fingerprint density at radius 2 is 1.52 bits per heavy atom. The van der Waals surface area contributed by atoms with Crippen LogP contribution in [0.1, 0.15) is 15.9 Å². The van der Waals surface area contributed by atoms with Gasteiger partial charge in [0.15, 0.2) is 11.5 Å². The number of carbonyl (C=O) groups excluding carboxylic acids is 2. The van der Waals surface area contributed by atoms with Crippen LogP contribution in [-0.4, -0.2) is 38.3 Å². The molecule has 0 radical (unpaired) electrons. The molecule has 2 aromatic carbocycles. The molecule has 0 aliphatic rings. The number of hydrazine groups is 1. The summed E-state index contributed by atoms with van der Waals surface area (Å²) in [5.41, 5.74) is 5.48. The summed E-state index contributed by atoms with van der Waals surface area (Å²) in [6.07, 6.45) is 2.78. The third kappa shape index (κ3) is 5.15. The number of nitrogens with one attached hydrogen (secondary N) is 2. The lowest BCUT2D eigenvalue weighted by Gasteiger charge is -2.12. The van der Waals surface area contributed by atoms with Gasteiger partial charge in [-0.15, -0.1) is 0 Å². The van der Waals surface area contributed by atoms with E-state index in [0.717, 1.165) is 0 Å². The third-order valence-electron chi connectivity index (χ3n) is 3.54. The maximum atomic E-state index is 11.9. The molecule has 2 aromatic rings. The smallest absolute Gasteiger partial charge is 0.269 e. The number of amides is 2. The van der Waals surface area contributed by atoms with E-state index in [1.165, 1.54) is 57.7 Å². The molecule has 2 rings (SSSR count). The fraction of sp³-hybridized carbons (Fsp3) is 0.158. The quantitative estimate of drug-likeness (QED) is 0.528. The molecule has 0 atom stereocenters. The number of benzene rings is 2. The molecule has 0 saturated heterocycles. The average Bonchev–Trinajstić information content (AvgIpc) is 2.69. The predicted octanol–water partition coefficient (Wildman–Crippen LogP) is 1.89. The van der Waals surface area contributed by atoms with Crippen molar-refractivity contribution in [2.24, 2.45) is 0 Å². The van der Waals surface area contributed by atoms with Crippen LogP contribution in [0, 0.1) is 0 Å². The number of rotatable bonds is 6. The number of ether oxygens (including phenoxy) is 3. The van der Waals surface area contributed by atoms with Gasteiger partial charge in [0, 0.05) is 11.6 Å². The van der Waals surface area contributed by atoms with E-state index in [2.05, 4.69) is 10.9 Å². The van der Waals surface area contributed by atoms with Gasteiger partial charge in [0.2, 0.25) is 5.75 Å². The first-order chi connectivity index (χ1) is 13.0. The summed E-state index contributed by atoms with van der Waals surface area (Å²) in [5, 5.41) is 9.21. The van der Waals surface area contributed by atoms with E-state index < -0.39 is 11.8 Å². The first-order valence-electron chi connectivity index (χ1n) is 7.86. The van der Waals surface area contributed by atoms with Crippen molar-refractivity contribution in [1.29, 1.82) is 0 Å². The molecule has 8 heteroatoms. The van der Waals surface area contributed by atoms with Crippen molar-refractivity contribution in [3.63, 3.8) is 0 Å². The van der Waals surface area contributed by atoms with E-state index in [9.17, 15) is 14.7 Å². The van der Waals surface area contributed by atoms with Crippen molar-refractivity contribution >= 4 is 17.9 Å². The molecule has 0 unspecified atom stereocenters. The lowest BCUT2D eigenvalue weighted by atomic mass is 10.1. The van der Waals surface area contributed by atoms with Crippen molar-refractivity contribution in [3.05, 3.63) is 53.6 Å². The maximum Gasteiger partial charge on any atom is 0.269 e. The predicted molar refractivity (Wildman–Crippen MR) is 98.8 cm³/mol. The van der Waals surface area contributed by atoms with Crippen molar-refractivity contribution in [2.75, 3.05) is 21.3 Å². The molecule has 0 fully saturated rings. The van der Waals surface area contributed by atoms with Gasteiger partial charge >= 0.3 is 0 Å². The van der Waals surface area contributed by atoms with E-state index in [1.807, 2.05) is 0 Å². The van der Waals surface area contributed by atoms with E-state index in [4.69, 9.17) is 14.2 Å². The van der Waals surface area contributed by atoms with Gasteiger partial charge in [0.05, 0.1) is 21.3 Å². The molecule has 142 valence electrons. The average molecular weight is 372 g/mol. The van der Waals surface area contributed by atoms with Gasteiger partial charge in [-0.1, -0.05) is 0 Å². The third-order valence-corrected chi connectivity index (χ3v) is 3.54. The molecule has 0 saturated carbocycles. The summed E-state index contributed by atoms with van der Waals surface area (Å²) in [5.74, 6) is 0.363. The second kappa shape index (κ2) is 9.14. The highest BCUT2D eigenvalue weighted by atomic mass is 16.5. The van der Waals surface area contributed by atoms with Crippen molar-refractivity contribution < 1.29 is 28.9 Å². The lowest BCUT2D eigenvalue weighted by Crippen LogP contribution is -2.40. The van der Waals surface area contributed by atoms with Crippen LogP contribution in [0.5, 0.6) is 23.0 Å². The van der Waals surface area contributed by atoms with Crippen LogP contribution in [0.25, 0.3) is 6.08 Å². The Morgan fingerprint density at radius 1 is 0.926 bits per heavy atom. The highest BCUT2D eigenvalue weighted by Crippen LogP contribution is 2.38. The summed E-state index contributed by atoms with van der Waals surface area (Å²) in [6.45, 7) is 0. The van der Waals surface area contributed by atoms with Crippen LogP contribution in [-0.2, 0) is 4.79 Å². The molecule has 0 aliphatic carbocycles. The van der Waals surface area contributed by atoms with E-state index >= 15 is 0 Å². The first kappa shape index (κ1) is 19.6. The van der Waals surface area contributed by atoms with Crippen molar-refractivity contribution in [3.8, 4) is 23.0 Å². The zero-order chi connectivity index (χ0) is 19.8. The molecule has 2 amide bonds. The zero-order valence-electron chi connectivity index (χ0n) is 15.1. The Bertz CT molecular complexity index is 821. The molecule has 3 N–H and O–H groups in total. The van der Waals surface area contributed by atoms with Crippen molar-refractivity contribution in [1.82, 2.24) is 10.9 Å². The summed E-state index contributed by atoms with van der Waals surface area (Å²) in [4.78, 5) is 23.8. The molecular weight excluding hydrogens is 352 g/mol. The second-order valence-corrected chi connectivity index (χ2v) is 5.28. The van der Waals surface area contributed by atoms with Crippen LogP contribution in [0.15, 0.2) is 42.5 Å². The van der Waals surface area contributed by atoms with Crippen LogP contribution < -0.4 is 25.1 Å². The fourth-order valence-electron chi connectivity index (χ4n) is 2.21. The highest BCUT2D eigenvalue weighted by molar-refractivity contribution is 5.98. The maximum absolute atomic E-state index is 11.9. The summed E-state index contributed by atoms with van der Waals surface area (Å²) >= 11 is 0. The Hall–Kier alpha value is -3.68. The minimum Gasteiger partial charge on any atom is -0.508 e. The Kier molecular flexibility index (Phi) is 6.65. The number of methoxy groups -OCH3 is 3. The summed E-state index contributed by atoms with van der Waals surface area (Å²) in [6, 6.07) is 8.98.